The first-order valence-corrected chi connectivity index (χ1v) is 7.06. The van der Waals surface area contributed by atoms with E-state index in [1.54, 1.807) is 0 Å². The first-order valence-electron chi connectivity index (χ1n) is 7.06. The van der Waals surface area contributed by atoms with Crippen molar-refractivity contribution in [3.8, 4) is 0 Å². The van der Waals surface area contributed by atoms with Gasteiger partial charge in [-0.15, -0.1) is 0 Å². The standard InChI is InChI=1S/C14H22N4O3/c1-15-13(19)14(20)16-10-12(11-4-3-5-17(11)2)18-6-8-21-9-7-18/h3-5,12H,6-10H2,1-2H3,(H,15,19)(H,16,20)/t12-/m0/s1. The highest BCUT2D eigenvalue weighted by atomic mass is 16.5. The third-order valence-electron chi connectivity index (χ3n) is 3.70. The van der Waals surface area contributed by atoms with E-state index in [1.165, 1.54) is 7.05 Å². The maximum Gasteiger partial charge on any atom is 0.309 e. The third-order valence-corrected chi connectivity index (χ3v) is 3.70. The molecular weight excluding hydrogens is 272 g/mol. The van der Waals surface area contributed by atoms with Crippen molar-refractivity contribution in [3.63, 3.8) is 0 Å². The van der Waals surface area contributed by atoms with Crippen LogP contribution in [0.2, 0.25) is 0 Å². The summed E-state index contributed by atoms with van der Waals surface area (Å²) in [7, 11) is 3.42. The van der Waals surface area contributed by atoms with Gasteiger partial charge in [-0.3, -0.25) is 14.5 Å². The van der Waals surface area contributed by atoms with E-state index >= 15 is 0 Å². The van der Waals surface area contributed by atoms with Gasteiger partial charge in [0.25, 0.3) is 0 Å². The molecule has 1 aromatic rings. The number of amides is 2. The minimum Gasteiger partial charge on any atom is -0.379 e. The van der Waals surface area contributed by atoms with Crippen LogP contribution in [0.5, 0.6) is 0 Å². The van der Waals surface area contributed by atoms with Gasteiger partial charge in [0.2, 0.25) is 0 Å². The molecule has 21 heavy (non-hydrogen) atoms. The number of nitrogens with one attached hydrogen (secondary N) is 2. The number of nitrogens with zero attached hydrogens (tertiary/aromatic N) is 2. The second-order valence-corrected chi connectivity index (χ2v) is 5.00. The van der Waals surface area contributed by atoms with Crippen molar-refractivity contribution in [2.75, 3.05) is 39.9 Å². The number of likely N-dealkylation sites (N-methyl/N-ethyl adjacent to an activating group) is 1. The molecular formula is C14H22N4O3. The molecule has 7 nitrogen and oxygen atoms in total. The molecule has 0 unspecified atom stereocenters. The largest absolute Gasteiger partial charge is 0.379 e. The monoisotopic (exact) mass is 294 g/mol. The number of rotatable bonds is 4. The Hall–Kier alpha value is -1.86. The second-order valence-electron chi connectivity index (χ2n) is 5.00. The average Bonchev–Trinajstić information content (AvgIpc) is 2.93. The van der Waals surface area contributed by atoms with Crippen LogP contribution >= 0.6 is 0 Å². The van der Waals surface area contributed by atoms with Gasteiger partial charge >= 0.3 is 11.8 Å². The molecule has 0 bridgehead atoms. The summed E-state index contributed by atoms with van der Waals surface area (Å²) >= 11 is 0. The number of carbonyl (C=O) groups is 2. The van der Waals surface area contributed by atoms with Crippen LogP contribution in [-0.2, 0) is 21.4 Å². The normalized spacial score (nSPS) is 17.2. The van der Waals surface area contributed by atoms with E-state index in [4.69, 9.17) is 4.74 Å². The fourth-order valence-electron chi connectivity index (χ4n) is 2.51. The van der Waals surface area contributed by atoms with Crippen molar-refractivity contribution in [1.82, 2.24) is 20.1 Å². The predicted octanol–water partition coefficient (Wildman–Crippen LogP) is -0.739. The molecule has 2 amide bonds. The molecule has 2 heterocycles. The van der Waals surface area contributed by atoms with Gasteiger partial charge in [0, 0.05) is 45.6 Å². The lowest BCUT2D eigenvalue weighted by Crippen LogP contribution is -2.46. The van der Waals surface area contributed by atoms with Crippen molar-refractivity contribution in [2.45, 2.75) is 6.04 Å². The van der Waals surface area contributed by atoms with E-state index in [0.29, 0.717) is 19.8 Å². The predicted molar refractivity (Wildman–Crippen MR) is 77.6 cm³/mol. The summed E-state index contributed by atoms with van der Waals surface area (Å²) in [5.74, 6) is -1.23. The van der Waals surface area contributed by atoms with Gasteiger partial charge < -0.3 is 19.9 Å². The van der Waals surface area contributed by atoms with Crippen LogP contribution in [0.1, 0.15) is 11.7 Å². The van der Waals surface area contributed by atoms with Crippen molar-refractivity contribution < 1.29 is 14.3 Å². The Bertz CT molecular complexity index is 494. The van der Waals surface area contributed by atoms with Crippen molar-refractivity contribution in [2.24, 2.45) is 7.05 Å². The van der Waals surface area contributed by atoms with Gasteiger partial charge in [0.05, 0.1) is 19.3 Å². The molecule has 1 aromatic heterocycles. The summed E-state index contributed by atoms with van der Waals surface area (Å²) in [4.78, 5) is 25.2. The van der Waals surface area contributed by atoms with Crippen molar-refractivity contribution in [3.05, 3.63) is 24.0 Å². The lowest BCUT2D eigenvalue weighted by atomic mass is 10.1. The number of aromatic nitrogens is 1. The van der Waals surface area contributed by atoms with E-state index in [9.17, 15) is 9.59 Å². The molecule has 1 atom stereocenters. The van der Waals surface area contributed by atoms with Crippen molar-refractivity contribution in [1.29, 1.82) is 0 Å². The molecule has 1 fully saturated rings. The molecule has 1 aliphatic rings. The Morgan fingerprint density at radius 2 is 2.05 bits per heavy atom. The van der Waals surface area contributed by atoms with Crippen LogP contribution in [0.3, 0.4) is 0 Å². The van der Waals surface area contributed by atoms with Crippen molar-refractivity contribution >= 4 is 11.8 Å². The van der Waals surface area contributed by atoms with Crippen LogP contribution in [0.4, 0.5) is 0 Å². The Labute approximate surface area is 124 Å². The zero-order valence-corrected chi connectivity index (χ0v) is 12.5. The average molecular weight is 294 g/mol. The first-order chi connectivity index (χ1) is 10.1. The maximum atomic E-state index is 11.6. The van der Waals surface area contributed by atoms with Crippen LogP contribution < -0.4 is 10.6 Å². The van der Waals surface area contributed by atoms with Crippen LogP contribution in [-0.4, -0.2) is 61.2 Å². The molecule has 0 aliphatic carbocycles. The number of hydrogen-bond donors (Lipinski definition) is 2. The van der Waals surface area contributed by atoms with Gasteiger partial charge in [-0.25, -0.2) is 0 Å². The quantitative estimate of drug-likeness (QED) is 0.717. The SMILES string of the molecule is CNC(=O)C(=O)NC[C@@H](c1cccn1C)N1CCOCC1. The van der Waals surface area contributed by atoms with E-state index in [-0.39, 0.29) is 6.04 Å². The van der Waals surface area contributed by atoms with E-state index < -0.39 is 11.8 Å². The molecule has 2 rings (SSSR count). The molecule has 0 aromatic carbocycles. The van der Waals surface area contributed by atoms with Crippen LogP contribution in [0, 0.1) is 0 Å². The summed E-state index contributed by atoms with van der Waals surface area (Å²) in [6.45, 7) is 3.39. The topological polar surface area (TPSA) is 75.6 Å². The number of hydrogen-bond acceptors (Lipinski definition) is 4. The Kier molecular flexibility index (Phi) is 5.35. The van der Waals surface area contributed by atoms with Gasteiger partial charge in [-0.2, -0.15) is 0 Å². The number of aryl methyl sites for hydroxylation is 1. The molecule has 0 spiro atoms. The molecule has 116 valence electrons. The molecule has 0 saturated carbocycles. The summed E-state index contributed by atoms with van der Waals surface area (Å²) in [5.41, 5.74) is 1.11. The Morgan fingerprint density at radius 1 is 1.33 bits per heavy atom. The molecule has 2 N–H and O–H groups in total. The highest BCUT2D eigenvalue weighted by molar-refractivity contribution is 6.35. The van der Waals surface area contributed by atoms with Crippen LogP contribution in [0.25, 0.3) is 0 Å². The number of ether oxygens (including phenoxy) is 1. The molecule has 0 radical (unpaired) electrons. The summed E-state index contributed by atoms with van der Waals surface area (Å²) in [6, 6.07) is 4.04. The van der Waals surface area contributed by atoms with Gasteiger partial charge in [0.15, 0.2) is 0 Å². The minimum absolute atomic E-state index is 0.0301. The summed E-state index contributed by atoms with van der Waals surface area (Å²) in [5, 5.41) is 5.02. The van der Waals surface area contributed by atoms with E-state index in [1.807, 2.05) is 29.9 Å². The smallest absolute Gasteiger partial charge is 0.309 e. The number of morpholine rings is 1. The highest BCUT2D eigenvalue weighted by Gasteiger charge is 2.25. The molecule has 1 saturated heterocycles. The first kappa shape index (κ1) is 15.5. The zero-order chi connectivity index (χ0) is 15.2. The molecule has 7 heteroatoms. The Balaban J connectivity index is 2.07. The highest BCUT2D eigenvalue weighted by Crippen LogP contribution is 2.21. The lowest BCUT2D eigenvalue weighted by molar-refractivity contribution is -0.139. The maximum absolute atomic E-state index is 11.6. The minimum atomic E-state index is -0.623. The number of carbonyl (C=O) groups excluding carboxylic acids is 2. The van der Waals surface area contributed by atoms with E-state index in [2.05, 4.69) is 15.5 Å². The van der Waals surface area contributed by atoms with E-state index in [0.717, 1.165) is 18.8 Å². The van der Waals surface area contributed by atoms with Gasteiger partial charge in [-0.05, 0) is 12.1 Å². The summed E-state index contributed by atoms with van der Waals surface area (Å²) in [6.07, 6.45) is 1.98. The van der Waals surface area contributed by atoms with Gasteiger partial charge in [-0.1, -0.05) is 0 Å². The third kappa shape index (κ3) is 3.83. The fourth-order valence-corrected chi connectivity index (χ4v) is 2.51. The Morgan fingerprint density at radius 3 is 2.62 bits per heavy atom. The zero-order valence-electron chi connectivity index (χ0n) is 12.5. The van der Waals surface area contributed by atoms with Crippen LogP contribution in [0.15, 0.2) is 18.3 Å². The summed E-state index contributed by atoms with van der Waals surface area (Å²) < 4.78 is 7.41. The fraction of sp³-hybridized carbons (Fsp3) is 0.571. The molecule has 1 aliphatic heterocycles. The van der Waals surface area contributed by atoms with Gasteiger partial charge in [0.1, 0.15) is 0 Å². The second kappa shape index (κ2) is 7.24. The lowest BCUT2D eigenvalue weighted by Gasteiger charge is -2.34.